The van der Waals surface area contributed by atoms with Crippen LogP contribution in [0.15, 0.2) is 63.8 Å². The fourth-order valence-corrected chi connectivity index (χ4v) is 4.81. The zero-order valence-corrected chi connectivity index (χ0v) is 21.2. The summed E-state index contributed by atoms with van der Waals surface area (Å²) >= 11 is 6.17. The molecule has 37 heavy (non-hydrogen) atoms. The van der Waals surface area contributed by atoms with Gasteiger partial charge in [0.05, 0.1) is 38.3 Å². The topological polar surface area (TPSA) is 95.3 Å². The molecule has 1 aromatic heterocycles. The number of anilines is 1. The smallest absolute Gasteiger partial charge is 0.295 e. The second-order valence-electron chi connectivity index (χ2n) is 8.45. The Hall–Kier alpha value is -4.30. The molecular formula is C28H22ClNO7. The van der Waals surface area contributed by atoms with Crippen molar-refractivity contribution in [2.75, 3.05) is 26.2 Å². The predicted octanol–water partition coefficient (Wildman–Crippen LogP) is 5.42. The summed E-state index contributed by atoms with van der Waals surface area (Å²) in [6.07, 6.45) is 0. The Morgan fingerprint density at radius 3 is 2.14 bits per heavy atom. The molecule has 2 heterocycles. The number of rotatable bonds is 6. The number of carbonyl (C=O) groups excluding carboxylic acids is 2. The third-order valence-corrected chi connectivity index (χ3v) is 6.62. The molecule has 0 spiro atoms. The van der Waals surface area contributed by atoms with Gasteiger partial charge in [-0.2, -0.15) is 0 Å². The standard InChI is InChI=1S/C28H22ClNO7/c1-14(31)15-5-8-18(9-6-15)30-24(16-11-21(34-2)26(36-4)22(12-16)35-3)23-25(32)19-13-17(29)7-10-20(19)37-27(23)28(30)33/h5-13,24H,1-4H3. The lowest BCUT2D eigenvalue weighted by molar-refractivity contribution is 0.0970. The van der Waals surface area contributed by atoms with E-state index < -0.39 is 11.9 Å². The van der Waals surface area contributed by atoms with Crippen molar-refractivity contribution in [2.24, 2.45) is 0 Å². The van der Waals surface area contributed by atoms with Gasteiger partial charge in [0.2, 0.25) is 11.5 Å². The van der Waals surface area contributed by atoms with Crippen molar-refractivity contribution in [3.8, 4) is 17.2 Å². The number of amides is 1. The quantitative estimate of drug-likeness (QED) is 0.314. The minimum absolute atomic E-state index is 0.0748. The van der Waals surface area contributed by atoms with Crippen molar-refractivity contribution in [1.82, 2.24) is 0 Å². The molecule has 9 heteroatoms. The van der Waals surface area contributed by atoms with E-state index in [-0.39, 0.29) is 33.5 Å². The molecule has 5 rings (SSSR count). The normalized spacial score (nSPS) is 14.6. The van der Waals surface area contributed by atoms with Crippen molar-refractivity contribution in [3.05, 3.63) is 92.3 Å². The number of hydrogen-bond donors (Lipinski definition) is 0. The first-order valence-corrected chi connectivity index (χ1v) is 11.7. The Balaban J connectivity index is 1.82. The monoisotopic (exact) mass is 519 g/mol. The maximum atomic E-state index is 13.8. The molecule has 8 nitrogen and oxygen atoms in total. The van der Waals surface area contributed by atoms with Crippen LogP contribution < -0.4 is 24.5 Å². The molecule has 0 aliphatic carbocycles. The van der Waals surface area contributed by atoms with Crippen LogP contribution in [0, 0.1) is 0 Å². The Bertz CT molecular complexity index is 1600. The van der Waals surface area contributed by atoms with Gasteiger partial charge in [-0.25, -0.2) is 0 Å². The van der Waals surface area contributed by atoms with Gasteiger partial charge in [0, 0.05) is 16.3 Å². The van der Waals surface area contributed by atoms with Crippen LogP contribution in [0.4, 0.5) is 5.69 Å². The van der Waals surface area contributed by atoms with Gasteiger partial charge in [0.1, 0.15) is 5.58 Å². The van der Waals surface area contributed by atoms with Crippen LogP contribution in [0.1, 0.15) is 45.0 Å². The van der Waals surface area contributed by atoms with Crippen molar-refractivity contribution in [2.45, 2.75) is 13.0 Å². The molecule has 1 aliphatic heterocycles. The van der Waals surface area contributed by atoms with E-state index in [2.05, 4.69) is 0 Å². The van der Waals surface area contributed by atoms with Crippen molar-refractivity contribution >= 4 is 39.9 Å². The number of benzene rings is 3. The number of methoxy groups -OCH3 is 3. The van der Waals surface area contributed by atoms with Crippen molar-refractivity contribution < 1.29 is 28.2 Å². The molecule has 188 valence electrons. The number of ether oxygens (including phenoxy) is 3. The van der Waals surface area contributed by atoms with E-state index in [9.17, 15) is 14.4 Å². The zero-order valence-electron chi connectivity index (χ0n) is 20.5. The van der Waals surface area contributed by atoms with E-state index in [4.69, 9.17) is 30.2 Å². The highest BCUT2D eigenvalue weighted by Gasteiger charge is 2.44. The van der Waals surface area contributed by atoms with Gasteiger partial charge in [-0.15, -0.1) is 0 Å². The molecule has 0 radical (unpaired) electrons. The molecule has 0 saturated carbocycles. The van der Waals surface area contributed by atoms with Gasteiger partial charge in [0.15, 0.2) is 22.7 Å². The van der Waals surface area contributed by atoms with Crippen LogP contribution in [0.25, 0.3) is 11.0 Å². The molecule has 1 atom stereocenters. The fraction of sp³-hybridized carbons (Fsp3) is 0.179. The first-order chi connectivity index (χ1) is 17.8. The molecule has 0 fully saturated rings. The maximum absolute atomic E-state index is 13.8. The Kier molecular flexibility index (Phi) is 6.13. The summed E-state index contributed by atoms with van der Waals surface area (Å²) in [5.41, 5.74) is 1.52. The Morgan fingerprint density at radius 2 is 1.57 bits per heavy atom. The molecule has 3 aromatic carbocycles. The van der Waals surface area contributed by atoms with Crippen LogP contribution in [0.2, 0.25) is 5.02 Å². The number of halogens is 1. The number of ketones is 1. The molecule has 4 aromatic rings. The molecule has 1 amide bonds. The van der Waals surface area contributed by atoms with Crippen molar-refractivity contribution in [3.63, 3.8) is 0 Å². The lowest BCUT2D eigenvalue weighted by Crippen LogP contribution is -2.29. The zero-order chi connectivity index (χ0) is 26.4. The summed E-state index contributed by atoms with van der Waals surface area (Å²) in [7, 11) is 4.45. The van der Waals surface area contributed by atoms with E-state index >= 15 is 0 Å². The number of fused-ring (bicyclic) bond motifs is 2. The van der Waals surface area contributed by atoms with Crippen LogP contribution >= 0.6 is 11.6 Å². The number of nitrogens with zero attached hydrogens (tertiary/aromatic N) is 1. The van der Waals surface area contributed by atoms with Crippen LogP contribution in [0.3, 0.4) is 0 Å². The van der Waals surface area contributed by atoms with Gasteiger partial charge >= 0.3 is 0 Å². The molecule has 0 saturated heterocycles. The summed E-state index contributed by atoms with van der Waals surface area (Å²) in [6, 6.07) is 13.7. The predicted molar refractivity (Wildman–Crippen MR) is 139 cm³/mol. The maximum Gasteiger partial charge on any atom is 0.295 e. The highest BCUT2D eigenvalue weighted by Crippen LogP contribution is 2.46. The first-order valence-electron chi connectivity index (χ1n) is 11.3. The van der Waals surface area contributed by atoms with Crippen molar-refractivity contribution in [1.29, 1.82) is 0 Å². The van der Waals surface area contributed by atoms with Gasteiger partial charge in [0.25, 0.3) is 5.91 Å². The largest absolute Gasteiger partial charge is 0.493 e. The first kappa shape index (κ1) is 24.4. The van der Waals surface area contributed by atoms with Gasteiger partial charge < -0.3 is 18.6 Å². The number of carbonyl (C=O) groups is 2. The highest BCUT2D eigenvalue weighted by atomic mass is 35.5. The average Bonchev–Trinajstić information content (AvgIpc) is 3.20. The molecule has 0 N–H and O–H groups in total. The van der Waals surface area contributed by atoms with E-state index in [0.717, 1.165) is 0 Å². The second kappa shape index (κ2) is 9.29. The van der Waals surface area contributed by atoms with Gasteiger partial charge in [-0.05, 0) is 67.1 Å². The van der Waals surface area contributed by atoms with Gasteiger partial charge in [-0.1, -0.05) is 11.6 Å². The molecule has 0 bridgehead atoms. The SMILES string of the molecule is COc1cc(C2c3c(oc4ccc(Cl)cc4c3=O)C(=O)N2c2ccc(C(C)=O)cc2)cc(OC)c1OC. The van der Waals surface area contributed by atoms with E-state index in [0.29, 0.717) is 39.1 Å². The summed E-state index contributed by atoms with van der Waals surface area (Å²) in [6.45, 7) is 1.46. The summed E-state index contributed by atoms with van der Waals surface area (Å²) in [4.78, 5) is 40.9. The highest BCUT2D eigenvalue weighted by molar-refractivity contribution is 6.31. The van der Waals surface area contributed by atoms with Crippen LogP contribution in [-0.2, 0) is 0 Å². The van der Waals surface area contributed by atoms with E-state index in [1.807, 2.05) is 0 Å². The van der Waals surface area contributed by atoms with E-state index in [1.165, 1.54) is 39.2 Å². The van der Waals surface area contributed by atoms with Gasteiger partial charge in [-0.3, -0.25) is 19.3 Å². The third-order valence-electron chi connectivity index (χ3n) is 6.39. The Morgan fingerprint density at radius 1 is 0.919 bits per heavy atom. The number of Topliss-reactive ketones (excluding diaryl/α,β-unsaturated/α-hetero) is 1. The van der Waals surface area contributed by atoms with Crippen LogP contribution in [-0.4, -0.2) is 33.0 Å². The fourth-order valence-electron chi connectivity index (χ4n) is 4.64. The Labute approximate surface area is 216 Å². The lowest BCUT2D eigenvalue weighted by atomic mass is 9.97. The molecule has 1 unspecified atom stereocenters. The second-order valence-corrected chi connectivity index (χ2v) is 8.89. The third kappa shape index (κ3) is 3.90. The molecular weight excluding hydrogens is 498 g/mol. The summed E-state index contributed by atoms with van der Waals surface area (Å²) in [5, 5.41) is 0.621. The summed E-state index contributed by atoms with van der Waals surface area (Å²) < 4.78 is 22.5. The lowest BCUT2D eigenvalue weighted by Gasteiger charge is -2.26. The average molecular weight is 520 g/mol. The summed E-state index contributed by atoms with van der Waals surface area (Å²) in [5.74, 6) is 0.403. The number of hydrogen-bond acceptors (Lipinski definition) is 7. The minimum atomic E-state index is -0.890. The van der Waals surface area contributed by atoms with E-state index in [1.54, 1.807) is 48.5 Å². The minimum Gasteiger partial charge on any atom is -0.493 e. The molecule has 1 aliphatic rings. The van der Waals surface area contributed by atoms with Crippen LogP contribution in [0.5, 0.6) is 17.2 Å².